The molecular weight excluding hydrogens is 478 g/mol. The topological polar surface area (TPSA) is 141 Å². The summed E-state index contributed by atoms with van der Waals surface area (Å²) >= 11 is 0.769. The highest BCUT2D eigenvalue weighted by atomic mass is 32.1. The van der Waals surface area contributed by atoms with Crippen LogP contribution in [0.2, 0.25) is 0 Å². The second-order valence-corrected chi connectivity index (χ2v) is 10.0. The number of nitrogens with zero attached hydrogens (tertiary/aromatic N) is 2. The molecule has 3 amide bonds. The molecule has 36 heavy (non-hydrogen) atoms. The molecule has 0 saturated heterocycles. The number of hydrogen-bond acceptors (Lipinski definition) is 7. The molecule has 0 radical (unpaired) electrons. The Morgan fingerprint density at radius 1 is 1.11 bits per heavy atom. The molecule has 0 saturated carbocycles. The quantitative estimate of drug-likeness (QED) is 0.421. The van der Waals surface area contributed by atoms with Crippen molar-refractivity contribution in [1.82, 2.24) is 9.69 Å². The summed E-state index contributed by atoms with van der Waals surface area (Å²) in [6, 6.07) is 13.2. The Balaban J connectivity index is 2.23. The average molecular weight is 510 g/mol. The molecule has 1 heterocycles. The second-order valence-electron chi connectivity index (χ2n) is 9.24. The molecule has 1 atom stereocenters. The van der Waals surface area contributed by atoms with E-state index in [0.717, 1.165) is 17.1 Å². The van der Waals surface area contributed by atoms with E-state index in [4.69, 9.17) is 16.2 Å². The number of carbonyl (C=O) groups excluding carboxylic acids is 3. The number of para-hydroxylation sites is 1. The molecule has 0 fully saturated rings. The first kappa shape index (κ1) is 26.7. The zero-order valence-corrected chi connectivity index (χ0v) is 21.8. The van der Waals surface area contributed by atoms with Crippen LogP contribution in [0.4, 0.5) is 11.4 Å². The summed E-state index contributed by atoms with van der Waals surface area (Å²) in [5.41, 5.74) is 12.5. The molecule has 9 nitrogen and oxygen atoms in total. The van der Waals surface area contributed by atoms with E-state index in [1.54, 1.807) is 36.4 Å². The van der Waals surface area contributed by atoms with Gasteiger partial charge in [-0.25, -0.2) is 0 Å². The van der Waals surface area contributed by atoms with Crippen LogP contribution in [0.15, 0.2) is 48.5 Å². The van der Waals surface area contributed by atoms with E-state index in [1.807, 2.05) is 46.8 Å². The highest BCUT2D eigenvalue weighted by Crippen LogP contribution is 2.35. The first-order chi connectivity index (χ1) is 16.9. The lowest BCUT2D eigenvalue weighted by Gasteiger charge is -2.34. The SMILES string of the molecule is CCOc1ccc(C(C(=O)NC(C)(C)C)N(C(=O)c2snc(C(N)=O)c2N)c2ccccc2C)cc1. The summed E-state index contributed by atoms with van der Waals surface area (Å²) in [5.74, 6) is -1.15. The summed E-state index contributed by atoms with van der Waals surface area (Å²) in [6.45, 7) is 9.80. The Labute approximate surface area is 214 Å². The van der Waals surface area contributed by atoms with Gasteiger partial charge in [-0.3, -0.25) is 19.3 Å². The number of primary amides is 1. The van der Waals surface area contributed by atoms with Crippen LogP contribution in [0.3, 0.4) is 0 Å². The molecule has 0 spiro atoms. The lowest BCUT2D eigenvalue weighted by molar-refractivity contribution is -0.123. The molecule has 2 aromatic carbocycles. The van der Waals surface area contributed by atoms with Crippen molar-refractivity contribution in [3.63, 3.8) is 0 Å². The van der Waals surface area contributed by atoms with Crippen LogP contribution in [0.1, 0.15) is 65.0 Å². The Morgan fingerprint density at radius 2 is 1.75 bits per heavy atom. The third-order valence-corrected chi connectivity index (χ3v) is 6.11. The largest absolute Gasteiger partial charge is 0.494 e. The fourth-order valence-corrected chi connectivity index (χ4v) is 4.45. The maximum atomic E-state index is 14.1. The normalized spacial score (nSPS) is 12.0. The molecule has 3 rings (SSSR count). The van der Waals surface area contributed by atoms with Crippen LogP contribution in [-0.2, 0) is 4.79 Å². The number of nitrogen functional groups attached to an aromatic ring is 1. The van der Waals surface area contributed by atoms with Crippen molar-refractivity contribution in [2.24, 2.45) is 5.73 Å². The van der Waals surface area contributed by atoms with E-state index < -0.39 is 23.4 Å². The summed E-state index contributed by atoms with van der Waals surface area (Å²) < 4.78 is 9.54. The van der Waals surface area contributed by atoms with Gasteiger partial charge in [0.05, 0.1) is 12.3 Å². The Bertz CT molecular complexity index is 1260. The first-order valence-electron chi connectivity index (χ1n) is 11.4. The Morgan fingerprint density at radius 3 is 2.28 bits per heavy atom. The molecule has 0 aliphatic carbocycles. The van der Waals surface area contributed by atoms with Crippen molar-refractivity contribution in [3.8, 4) is 5.75 Å². The van der Waals surface area contributed by atoms with Crippen LogP contribution >= 0.6 is 11.5 Å². The van der Waals surface area contributed by atoms with Crippen molar-refractivity contribution in [2.75, 3.05) is 17.2 Å². The predicted molar refractivity (Wildman–Crippen MR) is 141 cm³/mol. The van der Waals surface area contributed by atoms with E-state index >= 15 is 0 Å². The second kappa shape index (κ2) is 10.8. The molecule has 3 aromatic rings. The van der Waals surface area contributed by atoms with Crippen LogP contribution in [0.25, 0.3) is 0 Å². The molecule has 0 aliphatic rings. The zero-order chi connectivity index (χ0) is 26.6. The monoisotopic (exact) mass is 509 g/mol. The standard InChI is InChI=1S/C26H31N5O4S/c1-6-35-17-13-11-16(12-14-17)21(24(33)29-26(3,4)5)31(18-10-8-7-9-15(18)2)25(34)22-19(27)20(23(28)32)30-36-22/h7-14,21H,6,27H2,1-5H3,(H2,28,32)(H,29,33). The third kappa shape index (κ3) is 5.83. The minimum atomic E-state index is -1.06. The first-order valence-corrected chi connectivity index (χ1v) is 12.2. The van der Waals surface area contributed by atoms with Crippen LogP contribution in [0, 0.1) is 6.92 Å². The minimum Gasteiger partial charge on any atom is -0.494 e. The predicted octanol–water partition coefficient (Wildman–Crippen LogP) is 3.83. The number of amides is 3. The van der Waals surface area contributed by atoms with Gasteiger partial charge in [0.15, 0.2) is 5.69 Å². The van der Waals surface area contributed by atoms with Gasteiger partial charge in [-0.1, -0.05) is 30.3 Å². The molecule has 190 valence electrons. The van der Waals surface area contributed by atoms with Crippen LogP contribution < -0.4 is 26.4 Å². The molecule has 0 bridgehead atoms. The van der Waals surface area contributed by atoms with Gasteiger partial charge < -0.3 is 21.5 Å². The number of anilines is 2. The van der Waals surface area contributed by atoms with Crippen molar-refractivity contribution in [2.45, 2.75) is 46.2 Å². The van der Waals surface area contributed by atoms with E-state index in [2.05, 4.69) is 9.69 Å². The van der Waals surface area contributed by atoms with Gasteiger partial charge in [0, 0.05) is 11.2 Å². The van der Waals surface area contributed by atoms with Gasteiger partial charge in [0.1, 0.15) is 16.7 Å². The number of rotatable bonds is 8. The molecule has 0 aliphatic heterocycles. The summed E-state index contributed by atoms with van der Waals surface area (Å²) in [5, 5.41) is 2.99. The van der Waals surface area contributed by atoms with E-state index in [9.17, 15) is 14.4 Å². The number of benzene rings is 2. The number of nitrogens with two attached hydrogens (primary N) is 2. The highest BCUT2D eigenvalue weighted by molar-refractivity contribution is 7.09. The van der Waals surface area contributed by atoms with Crippen molar-refractivity contribution >= 4 is 40.6 Å². The number of carbonyl (C=O) groups is 3. The van der Waals surface area contributed by atoms with Crippen LogP contribution in [-0.4, -0.2) is 34.2 Å². The number of aryl methyl sites for hydroxylation is 1. The van der Waals surface area contributed by atoms with E-state index in [-0.39, 0.29) is 22.2 Å². The number of hydrogen-bond donors (Lipinski definition) is 3. The van der Waals surface area contributed by atoms with E-state index in [0.29, 0.717) is 23.6 Å². The van der Waals surface area contributed by atoms with Gasteiger partial charge in [0.2, 0.25) is 5.91 Å². The van der Waals surface area contributed by atoms with Crippen molar-refractivity contribution in [3.05, 3.63) is 70.2 Å². The fourth-order valence-electron chi connectivity index (χ4n) is 3.71. The smallest absolute Gasteiger partial charge is 0.273 e. The van der Waals surface area contributed by atoms with Gasteiger partial charge in [-0.2, -0.15) is 4.37 Å². The molecule has 10 heteroatoms. The lowest BCUT2D eigenvalue weighted by atomic mass is 9.99. The number of ether oxygens (including phenoxy) is 1. The molecule has 5 N–H and O–H groups in total. The summed E-state index contributed by atoms with van der Waals surface area (Å²) in [4.78, 5) is 41.0. The van der Waals surface area contributed by atoms with Gasteiger partial charge >= 0.3 is 0 Å². The van der Waals surface area contributed by atoms with Gasteiger partial charge in [-0.05, 0) is 75.5 Å². The highest BCUT2D eigenvalue weighted by Gasteiger charge is 2.37. The summed E-state index contributed by atoms with van der Waals surface area (Å²) in [6.07, 6.45) is 0. The zero-order valence-electron chi connectivity index (χ0n) is 21.0. The third-order valence-electron chi connectivity index (χ3n) is 5.26. The Kier molecular flexibility index (Phi) is 7.99. The maximum absolute atomic E-state index is 14.1. The lowest BCUT2D eigenvalue weighted by Crippen LogP contribution is -2.49. The van der Waals surface area contributed by atoms with Gasteiger partial charge in [0.25, 0.3) is 11.8 Å². The van der Waals surface area contributed by atoms with E-state index in [1.165, 1.54) is 4.90 Å². The minimum absolute atomic E-state index is 0.0200. The maximum Gasteiger partial charge on any atom is 0.273 e. The molecule has 1 aromatic heterocycles. The molecular formula is C26H31N5O4S. The fraction of sp³-hybridized carbons (Fsp3) is 0.308. The summed E-state index contributed by atoms with van der Waals surface area (Å²) in [7, 11) is 0. The average Bonchev–Trinajstić information content (AvgIpc) is 3.19. The number of aromatic nitrogens is 1. The van der Waals surface area contributed by atoms with Gasteiger partial charge in [-0.15, -0.1) is 0 Å². The van der Waals surface area contributed by atoms with Crippen molar-refractivity contribution < 1.29 is 19.1 Å². The Hall–Kier alpha value is -3.92. The molecule has 1 unspecified atom stereocenters. The number of nitrogens with one attached hydrogen (secondary N) is 1. The van der Waals surface area contributed by atoms with Crippen molar-refractivity contribution in [1.29, 1.82) is 0 Å². The van der Waals surface area contributed by atoms with Crippen LogP contribution in [0.5, 0.6) is 5.75 Å².